The van der Waals surface area contributed by atoms with Crippen LogP contribution < -0.4 is 10.6 Å². The van der Waals surface area contributed by atoms with Crippen LogP contribution >= 0.6 is 12.2 Å². The van der Waals surface area contributed by atoms with Crippen LogP contribution in [0.4, 0.5) is 5.69 Å². The summed E-state index contributed by atoms with van der Waals surface area (Å²) in [6.45, 7) is 6.27. The molecule has 2 aromatic carbocycles. The van der Waals surface area contributed by atoms with Crippen LogP contribution in [0.25, 0.3) is 22.8 Å². The van der Waals surface area contributed by atoms with Gasteiger partial charge in [0.25, 0.3) is 0 Å². The van der Waals surface area contributed by atoms with E-state index in [9.17, 15) is 4.79 Å². The number of aryl methyl sites for hydroxylation is 1. The number of nitrogens with zero attached hydrogens (tertiary/aromatic N) is 3. The van der Waals surface area contributed by atoms with Crippen LogP contribution in [0.1, 0.15) is 36.7 Å². The Balaban J connectivity index is 1.47. The first-order chi connectivity index (χ1) is 15.4. The molecule has 0 aliphatic carbocycles. The molecule has 2 aromatic heterocycles. The van der Waals surface area contributed by atoms with Gasteiger partial charge in [-0.25, -0.2) is 0 Å². The van der Waals surface area contributed by atoms with E-state index in [4.69, 9.17) is 16.6 Å². The van der Waals surface area contributed by atoms with E-state index in [-0.39, 0.29) is 11.0 Å². The van der Waals surface area contributed by atoms with Crippen molar-refractivity contribution >= 4 is 46.0 Å². The molecule has 0 saturated carbocycles. The molecule has 0 unspecified atom stereocenters. The van der Waals surface area contributed by atoms with Crippen molar-refractivity contribution in [2.45, 2.75) is 26.7 Å². The fraction of sp³-hybridized carbons (Fsp3) is 0.167. The number of anilines is 1. The van der Waals surface area contributed by atoms with Crippen molar-refractivity contribution in [1.82, 2.24) is 20.3 Å². The first-order valence-corrected chi connectivity index (χ1v) is 10.6. The summed E-state index contributed by atoms with van der Waals surface area (Å²) < 4.78 is 5.16. The SMILES string of the molecule is Cc1cc2nn(-c3ccc(C(C)C)cc3)nc2cc1NC(=S)NC(=O)/C=C/c1ccco1. The Hall–Kier alpha value is -3.78. The minimum absolute atomic E-state index is 0.193. The topological polar surface area (TPSA) is 85.0 Å². The van der Waals surface area contributed by atoms with E-state index in [0.29, 0.717) is 11.7 Å². The Labute approximate surface area is 191 Å². The Morgan fingerprint density at radius 1 is 1.12 bits per heavy atom. The molecule has 0 atom stereocenters. The van der Waals surface area contributed by atoms with Gasteiger partial charge in [0, 0.05) is 11.8 Å². The highest BCUT2D eigenvalue weighted by Gasteiger charge is 2.11. The number of carbonyl (C=O) groups excluding carboxylic acids is 1. The molecule has 1 amide bonds. The first-order valence-electron chi connectivity index (χ1n) is 10.2. The van der Waals surface area contributed by atoms with E-state index < -0.39 is 0 Å². The third kappa shape index (κ3) is 4.92. The van der Waals surface area contributed by atoms with Gasteiger partial charge in [-0.15, -0.1) is 10.2 Å². The zero-order valence-electron chi connectivity index (χ0n) is 18.0. The zero-order valence-corrected chi connectivity index (χ0v) is 18.8. The van der Waals surface area contributed by atoms with Crippen molar-refractivity contribution in [2.24, 2.45) is 0 Å². The Morgan fingerprint density at radius 2 is 1.84 bits per heavy atom. The van der Waals surface area contributed by atoms with Gasteiger partial charge < -0.3 is 9.73 Å². The molecular weight excluding hydrogens is 422 g/mol. The normalized spacial score (nSPS) is 11.4. The van der Waals surface area contributed by atoms with Crippen LogP contribution in [-0.4, -0.2) is 26.0 Å². The van der Waals surface area contributed by atoms with E-state index in [1.54, 1.807) is 29.3 Å². The molecule has 8 heteroatoms. The summed E-state index contributed by atoms with van der Waals surface area (Å²) in [5.74, 6) is 0.700. The molecule has 0 aliphatic rings. The molecule has 4 rings (SSSR count). The van der Waals surface area contributed by atoms with Gasteiger partial charge in [-0.1, -0.05) is 26.0 Å². The summed E-state index contributed by atoms with van der Waals surface area (Å²) in [7, 11) is 0. The van der Waals surface area contributed by atoms with Crippen LogP contribution in [0, 0.1) is 6.92 Å². The quantitative estimate of drug-likeness (QED) is 0.333. The minimum atomic E-state index is -0.353. The number of hydrogen-bond acceptors (Lipinski definition) is 5. The van der Waals surface area contributed by atoms with Gasteiger partial charge in [0.15, 0.2) is 5.11 Å². The van der Waals surface area contributed by atoms with Gasteiger partial charge in [-0.2, -0.15) is 4.80 Å². The van der Waals surface area contributed by atoms with E-state index in [2.05, 4.69) is 46.8 Å². The molecule has 2 heterocycles. The summed E-state index contributed by atoms with van der Waals surface area (Å²) in [5.41, 5.74) is 5.34. The summed E-state index contributed by atoms with van der Waals surface area (Å²) in [6, 6.07) is 15.5. The van der Waals surface area contributed by atoms with Crippen molar-refractivity contribution in [3.05, 3.63) is 77.8 Å². The van der Waals surface area contributed by atoms with Crippen molar-refractivity contribution in [2.75, 3.05) is 5.32 Å². The Morgan fingerprint density at radius 3 is 2.50 bits per heavy atom. The molecule has 0 radical (unpaired) electrons. The largest absolute Gasteiger partial charge is 0.465 e. The van der Waals surface area contributed by atoms with Crippen LogP contribution in [-0.2, 0) is 4.79 Å². The van der Waals surface area contributed by atoms with Crippen molar-refractivity contribution in [3.63, 3.8) is 0 Å². The van der Waals surface area contributed by atoms with Crippen LogP contribution in [0.3, 0.4) is 0 Å². The predicted octanol–water partition coefficient (Wildman–Crippen LogP) is 4.97. The minimum Gasteiger partial charge on any atom is -0.465 e. The predicted molar refractivity (Wildman–Crippen MR) is 130 cm³/mol. The van der Waals surface area contributed by atoms with Crippen molar-refractivity contribution < 1.29 is 9.21 Å². The standard InChI is InChI=1S/C24H23N5O2S/c1-15(2)17-6-8-18(9-7-17)29-27-21-13-16(3)20(14-22(21)28-29)25-24(32)26-23(30)11-10-19-5-4-12-31-19/h4-15H,1-3H3,(H2,25,26,30,32)/b11-10+. The monoisotopic (exact) mass is 445 g/mol. The highest BCUT2D eigenvalue weighted by atomic mass is 32.1. The van der Waals surface area contributed by atoms with E-state index in [1.807, 2.05) is 31.2 Å². The lowest BCUT2D eigenvalue weighted by Crippen LogP contribution is -2.33. The Bertz CT molecular complexity index is 1290. The lowest BCUT2D eigenvalue weighted by molar-refractivity contribution is -0.115. The van der Waals surface area contributed by atoms with E-state index in [1.165, 1.54) is 11.6 Å². The van der Waals surface area contributed by atoms with Gasteiger partial charge in [-0.3, -0.25) is 10.1 Å². The number of rotatable bonds is 5. The maximum Gasteiger partial charge on any atom is 0.250 e. The van der Waals surface area contributed by atoms with Crippen LogP contribution in [0.2, 0.25) is 0 Å². The molecular formula is C24H23N5O2S. The molecule has 0 aliphatic heterocycles. The summed E-state index contributed by atoms with van der Waals surface area (Å²) in [4.78, 5) is 13.7. The lowest BCUT2D eigenvalue weighted by atomic mass is 10.0. The fourth-order valence-corrected chi connectivity index (χ4v) is 3.37. The Kier molecular flexibility index (Phi) is 6.13. The first kappa shape index (κ1) is 21.5. The second-order valence-electron chi connectivity index (χ2n) is 7.68. The van der Waals surface area contributed by atoms with Crippen LogP contribution in [0.5, 0.6) is 0 Å². The van der Waals surface area contributed by atoms with Gasteiger partial charge >= 0.3 is 0 Å². The lowest BCUT2D eigenvalue weighted by Gasteiger charge is -2.10. The number of furan rings is 1. The number of amides is 1. The average Bonchev–Trinajstić information content (AvgIpc) is 3.42. The molecule has 0 spiro atoms. The van der Waals surface area contributed by atoms with E-state index >= 15 is 0 Å². The average molecular weight is 446 g/mol. The highest BCUT2D eigenvalue weighted by Crippen LogP contribution is 2.23. The number of hydrogen-bond donors (Lipinski definition) is 2. The number of aromatic nitrogens is 3. The molecule has 0 bridgehead atoms. The number of thiocarbonyl (C=S) groups is 1. The fourth-order valence-electron chi connectivity index (χ4n) is 3.16. The summed E-state index contributed by atoms with van der Waals surface area (Å²) >= 11 is 5.28. The number of nitrogens with one attached hydrogen (secondary N) is 2. The summed E-state index contributed by atoms with van der Waals surface area (Å²) in [6.07, 6.45) is 4.47. The number of benzene rings is 2. The van der Waals surface area contributed by atoms with Gasteiger partial charge in [-0.05, 0) is 78.7 Å². The third-order valence-electron chi connectivity index (χ3n) is 4.94. The second kappa shape index (κ2) is 9.15. The zero-order chi connectivity index (χ0) is 22.7. The van der Waals surface area contributed by atoms with Gasteiger partial charge in [0.05, 0.1) is 12.0 Å². The highest BCUT2D eigenvalue weighted by molar-refractivity contribution is 7.80. The third-order valence-corrected chi connectivity index (χ3v) is 5.15. The van der Waals surface area contributed by atoms with E-state index in [0.717, 1.165) is 28.0 Å². The number of carbonyl (C=O) groups is 1. The van der Waals surface area contributed by atoms with Crippen LogP contribution in [0.15, 0.2) is 65.3 Å². The summed E-state index contributed by atoms with van der Waals surface area (Å²) in [5, 5.41) is 15.1. The molecule has 4 aromatic rings. The van der Waals surface area contributed by atoms with Crippen molar-refractivity contribution in [1.29, 1.82) is 0 Å². The smallest absolute Gasteiger partial charge is 0.250 e. The molecule has 7 nitrogen and oxygen atoms in total. The van der Waals surface area contributed by atoms with Gasteiger partial charge in [0.2, 0.25) is 5.91 Å². The maximum absolute atomic E-state index is 12.1. The molecule has 2 N–H and O–H groups in total. The molecule has 162 valence electrons. The molecule has 0 fully saturated rings. The maximum atomic E-state index is 12.1. The van der Waals surface area contributed by atoms with Crippen molar-refractivity contribution in [3.8, 4) is 5.69 Å². The number of fused-ring (bicyclic) bond motifs is 1. The van der Waals surface area contributed by atoms with Gasteiger partial charge in [0.1, 0.15) is 16.8 Å². The molecule has 0 saturated heterocycles. The molecule has 32 heavy (non-hydrogen) atoms. The second-order valence-corrected chi connectivity index (χ2v) is 8.09.